The lowest BCUT2D eigenvalue weighted by Gasteiger charge is -2.26. The SMILES string of the molecule is COC(C)(C)CC(O)c1c(Cl)cnn1C(C)C. The summed E-state index contributed by atoms with van der Waals surface area (Å²) in [5.74, 6) is 0. The smallest absolute Gasteiger partial charge is 0.0999 e. The van der Waals surface area contributed by atoms with Gasteiger partial charge in [0.25, 0.3) is 0 Å². The molecule has 0 saturated heterocycles. The van der Waals surface area contributed by atoms with Crippen molar-refractivity contribution in [2.45, 2.75) is 51.9 Å². The molecule has 0 aliphatic heterocycles. The molecule has 1 atom stereocenters. The predicted molar refractivity (Wildman–Crippen MR) is 68.3 cm³/mol. The van der Waals surface area contributed by atoms with Gasteiger partial charge in [-0.25, -0.2) is 0 Å². The van der Waals surface area contributed by atoms with Crippen molar-refractivity contribution < 1.29 is 9.84 Å². The zero-order valence-electron chi connectivity index (χ0n) is 11.1. The molecule has 1 rings (SSSR count). The molecule has 0 aliphatic carbocycles. The molecular formula is C12H21ClN2O2. The standard InChI is InChI=1S/C12H21ClN2O2/c1-8(2)15-11(9(13)7-14-15)10(16)6-12(3,4)17-5/h7-8,10,16H,6H2,1-5H3. The van der Waals surface area contributed by atoms with Gasteiger partial charge in [-0.1, -0.05) is 11.6 Å². The normalized spacial score (nSPS) is 14.4. The lowest BCUT2D eigenvalue weighted by molar-refractivity contribution is -0.0221. The first kappa shape index (κ1) is 14.5. The van der Waals surface area contributed by atoms with Crippen molar-refractivity contribution in [3.05, 3.63) is 16.9 Å². The van der Waals surface area contributed by atoms with Crippen LogP contribution in [-0.4, -0.2) is 27.6 Å². The predicted octanol–water partition coefficient (Wildman–Crippen LogP) is 2.97. The highest BCUT2D eigenvalue weighted by molar-refractivity contribution is 6.31. The summed E-state index contributed by atoms with van der Waals surface area (Å²) in [6.45, 7) is 7.86. The lowest BCUT2D eigenvalue weighted by Crippen LogP contribution is -2.26. The fourth-order valence-electron chi connectivity index (χ4n) is 1.72. The van der Waals surface area contributed by atoms with Crippen LogP contribution >= 0.6 is 11.6 Å². The van der Waals surface area contributed by atoms with E-state index in [4.69, 9.17) is 16.3 Å². The van der Waals surface area contributed by atoms with Gasteiger partial charge in [0, 0.05) is 19.6 Å². The molecule has 0 bridgehead atoms. The lowest BCUT2D eigenvalue weighted by atomic mass is 9.98. The number of methoxy groups -OCH3 is 1. The van der Waals surface area contributed by atoms with E-state index in [0.29, 0.717) is 17.1 Å². The Labute approximate surface area is 108 Å². The van der Waals surface area contributed by atoms with Crippen LogP contribution in [0.4, 0.5) is 0 Å². The van der Waals surface area contributed by atoms with Crippen LogP contribution in [-0.2, 0) is 4.74 Å². The molecule has 1 unspecified atom stereocenters. The van der Waals surface area contributed by atoms with E-state index in [1.807, 2.05) is 27.7 Å². The van der Waals surface area contributed by atoms with Crippen molar-refractivity contribution in [2.24, 2.45) is 0 Å². The van der Waals surface area contributed by atoms with Crippen LogP contribution in [0, 0.1) is 0 Å². The summed E-state index contributed by atoms with van der Waals surface area (Å²) >= 11 is 6.07. The van der Waals surface area contributed by atoms with Gasteiger partial charge in [0.15, 0.2) is 0 Å². The number of aliphatic hydroxyl groups excluding tert-OH is 1. The van der Waals surface area contributed by atoms with Gasteiger partial charge in [-0.2, -0.15) is 5.10 Å². The highest BCUT2D eigenvalue weighted by Crippen LogP contribution is 2.31. The summed E-state index contributed by atoms with van der Waals surface area (Å²) in [4.78, 5) is 0. The summed E-state index contributed by atoms with van der Waals surface area (Å²) in [5, 5.41) is 14.9. The van der Waals surface area contributed by atoms with E-state index in [2.05, 4.69) is 5.10 Å². The topological polar surface area (TPSA) is 47.3 Å². The van der Waals surface area contributed by atoms with Gasteiger partial charge in [0.05, 0.1) is 28.6 Å². The number of ether oxygens (including phenoxy) is 1. The minimum absolute atomic E-state index is 0.165. The second kappa shape index (κ2) is 5.38. The second-order valence-electron chi connectivity index (χ2n) is 5.10. The molecule has 1 heterocycles. The molecule has 1 N–H and O–H groups in total. The van der Waals surface area contributed by atoms with Gasteiger partial charge in [-0.3, -0.25) is 4.68 Å². The summed E-state index contributed by atoms with van der Waals surface area (Å²) in [7, 11) is 1.63. The molecule has 1 aromatic heterocycles. The van der Waals surface area contributed by atoms with Crippen LogP contribution in [0.2, 0.25) is 5.02 Å². The van der Waals surface area contributed by atoms with Crippen molar-refractivity contribution >= 4 is 11.6 Å². The van der Waals surface area contributed by atoms with Gasteiger partial charge in [0.2, 0.25) is 0 Å². The molecule has 0 aliphatic rings. The molecule has 17 heavy (non-hydrogen) atoms. The maximum absolute atomic E-state index is 10.3. The van der Waals surface area contributed by atoms with Crippen molar-refractivity contribution in [1.29, 1.82) is 0 Å². The monoisotopic (exact) mass is 260 g/mol. The Hall–Kier alpha value is -0.580. The minimum Gasteiger partial charge on any atom is -0.387 e. The van der Waals surface area contributed by atoms with Gasteiger partial charge in [-0.15, -0.1) is 0 Å². The maximum atomic E-state index is 10.3. The number of aliphatic hydroxyl groups is 1. The summed E-state index contributed by atoms with van der Waals surface area (Å²) in [6, 6.07) is 0.165. The third-order valence-electron chi connectivity index (χ3n) is 2.83. The highest BCUT2D eigenvalue weighted by Gasteiger charge is 2.27. The van der Waals surface area contributed by atoms with E-state index >= 15 is 0 Å². The molecule has 0 aromatic carbocycles. The first-order valence-electron chi connectivity index (χ1n) is 5.74. The van der Waals surface area contributed by atoms with Crippen LogP contribution in [0.5, 0.6) is 0 Å². The molecule has 1 aromatic rings. The van der Waals surface area contributed by atoms with E-state index in [1.54, 1.807) is 18.0 Å². The molecule has 0 saturated carbocycles. The van der Waals surface area contributed by atoms with Crippen molar-refractivity contribution in [3.8, 4) is 0 Å². The van der Waals surface area contributed by atoms with Crippen LogP contribution in [0.3, 0.4) is 0 Å². The fourth-order valence-corrected chi connectivity index (χ4v) is 1.98. The van der Waals surface area contributed by atoms with Gasteiger partial charge in [-0.05, 0) is 27.7 Å². The Bertz CT molecular complexity index is 375. The Morgan fingerprint density at radius 1 is 1.53 bits per heavy atom. The molecule has 0 spiro atoms. The van der Waals surface area contributed by atoms with Crippen molar-refractivity contribution in [1.82, 2.24) is 9.78 Å². The number of rotatable bonds is 5. The third kappa shape index (κ3) is 3.44. The Balaban J connectivity index is 2.96. The van der Waals surface area contributed by atoms with Gasteiger partial charge >= 0.3 is 0 Å². The van der Waals surface area contributed by atoms with E-state index in [-0.39, 0.29) is 6.04 Å². The summed E-state index contributed by atoms with van der Waals surface area (Å²) in [6.07, 6.45) is 1.36. The zero-order chi connectivity index (χ0) is 13.2. The van der Waals surface area contributed by atoms with E-state index in [1.165, 1.54) is 0 Å². The molecule has 0 radical (unpaired) electrons. The Kier molecular flexibility index (Phi) is 4.58. The first-order chi connectivity index (χ1) is 7.78. The Morgan fingerprint density at radius 3 is 2.59 bits per heavy atom. The van der Waals surface area contributed by atoms with E-state index in [0.717, 1.165) is 0 Å². The van der Waals surface area contributed by atoms with Crippen molar-refractivity contribution in [2.75, 3.05) is 7.11 Å². The maximum Gasteiger partial charge on any atom is 0.0999 e. The van der Waals surface area contributed by atoms with Crippen LogP contribution in [0.15, 0.2) is 6.20 Å². The fraction of sp³-hybridized carbons (Fsp3) is 0.750. The van der Waals surface area contributed by atoms with E-state index < -0.39 is 11.7 Å². The minimum atomic E-state index is -0.678. The number of aromatic nitrogens is 2. The zero-order valence-corrected chi connectivity index (χ0v) is 11.8. The molecular weight excluding hydrogens is 240 g/mol. The second-order valence-corrected chi connectivity index (χ2v) is 5.51. The van der Waals surface area contributed by atoms with Crippen LogP contribution < -0.4 is 0 Å². The average molecular weight is 261 g/mol. The summed E-state index contributed by atoms with van der Waals surface area (Å²) < 4.78 is 7.06. The molecule has 98 valence electrons. The molecule has 5 heteroatoms. The number of halogens is 1. The number of nitrogens with zero attached hydrogens (tertiary/aromatic N) is 2. The molecule has 0 amide bonds. The first-order valence-corrected chi connectivity index (χ1v) is 6.12. The Morgan fingerprint density at radius 2 is 2.12 bits per heavy atom. The van der Waals surface area contributed by atoms with Gasteiger partial charge < -0.3 is 9.84 Å². The van der Waals surface area contributed by atoms with Crippen LogP contribution in [0.25, 0.3) is 0 Å². The summed E-state index contributed by atoms with van der Waals surface area (Å²) in [5.41, 5.74) is 0.265. The number of hydrogen-bond acceptors (Lipinski definition) is 3. The highest BCUT2D eigenvalue weighted by atomic mass is 35.5. The average Bonchev–Trinajstić information content (AvgIpc) is 2.59. The van der Waals surface area contributed by atoms with Crippen LogP contribution in [0.1, 0.15) is 52.0 Å². The quantitative estimate of drug-likeness (QED) is 0.885. The largest absolute Gasteiger partial charge is 0.387 e. The third-order valence-corrected chi connectivity index (χ3v) is 3.12. The number of hydrogen-bond donors (Lipinski definition) is 1. The van der Waals surface area contributed by atoms with Gasteiger partial charge in [0.1, 0.15) is 0 Å². The molecule has 4 nitrogen and oxygen atoms in total. The molecule has 0 fully saturated rings. The van der Waals surface area contributed by atoms with E-state index in [9.17, 15) is 5.11 Å². The van der Waals surface area contributed by atoms with Crippen molar-refractivity contribution in [3.63, 3.8) is 0 Å².